The molecule has 4 nitrogen and oxygen atoms in total. The van der Waals surface area contributed by atoms with Gasteiger partial charge in [0.2, 0.25) is 0 Å². The van der Waals surface area contributed by atoms with Gasteiger partial charge in [-0.1, -0.05) is 12.1 Å². The topological polar surface area (TPSA) is 49.8 Å². The number of ether oxygens (including phenoxy) is 1. The van der Waals surface area contributed by atoms with Gasteiger partial charge in [0.15, 0.2) is 6.10 Å². The number of hydrogen-bond donors (Lipinski definition) is 1. The summed E-state index contributed by atoms with van der Waals surface area (Å²) >= 11 is 0. The average molecular weight is 277 g/mol. The Morgan fingerprint density at radius 2 is 2.20 bits per heavy atom. The van der Waals surface area contributed by atoms with Crippen molar-refractivity contribution in [1.29, 1.82) is 0 Å². The predicted molar refractivity (Wildman–Crippen MR) is 77.6 cm³/mol. The van der Waals surface area contributed by atoms with Gasteiger partial charge in [-0.15, -0.1) is 0 Å². The van der Waals surface area contributed by atoms with Crippen LogP contribution in [0.2, 0.25) is 0 Å². The van der Waals surface area contributed by atoms with Gasteiger partial charge in [0.05, 0.1) is 6.10 Å². The number of amides is 1. The van der Waals surface area contributed by atoms with E-state index in [4.69, 9.17) is 4.74 Å². The van der Waals surface area contributed by atoms with Crippen LogP contribution in [0.1, 0.15) is 25.3 Å². The lowest BCUT2D eigenvalue weighted by Crippen LogP contribution is -2.42. The maximum Gasteiger partial charge on any atom is 0.263 e. The highest BCUT2D eigenvalue weighted by Gasteiger charge is 2.32. The Kier molecular flexibility index (Phi) is 4.65. The Morgan fingerprint density at radius 1 is 1.50 bits per heavy atom. The van der Waals surface area contributed by atoms with E-state index in [0.29, 0.717) is 18.2 Å². The molecule has 20 heavy (non-hydrogen) atoms. The lowest BCUT2D eigenvalue weighted by atomic mass is 10.2. The molecule has 0 aliphatic heterocycles. The van der Waals surface area contributed by atoms with Gasteiger partial charge in [0.1, 0.15) is 5.75 Å². The molecule has 0 spiro atoms. The molecule has 1 aromatic rings. The van der Waals surface area contributed by atoms with Gasteiger partial charge >= 0.3 is 0 Å². The van der Waals surface area contributed by atoms with Crippen molar-refractivity contribution in [2.24, 2.45) is 5.92 Å². The van der Waals surface area contributed by atoms with Gasteiger partial charge in [-0.2, -0.15) is 0 Å². The van der Waals surface area contributed by atoms with Crippen LogP contribution < -0.4 is 4.74 Å². The van der Waals surface area contributed by atoms with Crippen LogP contribution in [-0.2, 0) is 4.79 Å². The predicted octanol–water partition coefficient (Wildman–Crippen LogP) is 1.99. The molecule has 2 atom stereocenters. The molecule has 0 heterocycles. The number of rotatable bonds is 6. The molecule has 110 valence electrons. The van der Waals surface area contributed by atoms with Crippen molar-refractivity contribution < 1.29 is 14.6 Å². The summed E-state index contributed by atoms with van der Waals surface area (Å²) in [6, 6.07) is 7.64. The normalized spacial score (nSPS) is 17.4. The van der Waals surface area contributed by atoms with Gasteiger partial charge in [-0.3, -0.25) is 4.79 Å². The first-order valence-electron chi connectivity index (χ1n) is 7.13. The Hall–Kier alpha value is -1.55. The number of likely N-dealkylation sites (N-methyl/N-ethyl adjacent to an activating group) is 1. The molecule has 0 aromatic heterocycles. The lowest BCUT2D eigenvalue weighted by Gasteiger charge is -2.24. The lowest BCUT2D eigenvalue weighted by molar-refractivity contribution is -0.138. The molecule has 0 radical (unpaired) electrons. The summed E-state index contributed by atoms with van der Waals surface area (Å²) in [4.78, 5) is 13.8. The third kappa shape index (κ3) is 3.97. The fourth-order valence-corrected chi connectivity index (χ4v) is 2.25. The molecular formula is C16H23NO3. The van der Waals surface area contributed by atoms with Crippen molar-refractivity contribution in [3.05, 3.63) is 29.8 Å². The van der Waals surface area contributed by atoms with Gasteiger partial charge < -0.3 is 14.7 Å². The second-order valence-electron chi connectivity index (χ2n) is 5.70. The Balaban J connectivity index is 1.87. The highest BCUT2D eigenvalue weighted by atomic mass is 16.5. The molecule has 1 amide bonds. The average Bonchev–Trinajstić information content (AvgIpc) is 3.21. The van der Waals surface area contributed by atoms with Crippen molar-refractivity contribution in [1.82, 2.24) is 4.90 Å². The molecule has 1 fully saturated rings. The molecule has 2 unspecified atom stereocenters. The highest BCUT2D eigenvalue weighted by molar-refractivity contribution is 5.80. The standard InChI is InChI=1S/C16H23NO3/c1-11-5-4-6-14(9-11)20-12(2)16(19)17(3)10-15(18)13-7-8-13/h4-6,9,12-13,15,18H,7-8,10H2,1-3H3. The van der Waals surface area contributed by atoms with Crippen LogP contribution in [0, 0.1) is 12.8 Å². The van der Waals surface area contributed by atoms with E-state index in [1.807, 2.05) is 31.2 Å². The van der Waals surface area contributed by atoms with E-state index >= 15 is 0 Å². The van der Waals surface area contributed by atoms with Gasteiger partial charge in [-0.05, 0) is 50.3 Å². The van der Waals surface area contributed by atoms with Crippen LogP contribution >= 0.6 is 0 Å². The molecule has 1 saturated carbocycles. The van der Waals surface area contributed by atoms with E-state index in [0.717, 1.165) is 18.4 Å². The first-order chi connectivity index (χ1) is 9.47. The molecular weight excluding hydrogens is 254 g/mol. The van der Waals surface area contributed by atoms with Crippen LogP contribution in [0.25, 0.3) is 0 Å². The van der Waals surface area contributed by atoms with Crippen LogP contribution in [0.3, 0.4) is 0 Å². The third-order valence-electron chi connectivity index (χ3n) is 3.65. The minimum Gasteiger partial charge on any atom is -0.481 e. The maximum absolute atomic E-state index is 12.2. The summed E-state index contributed by atoms with van der Waals surface area (Å²) < 4.78 is 5.66. The minimum atomic E-state index is -0.548. The summed E-state index contributed by atoms with van der Waals surface area (Å²) in [5, 5.41) is 9.88. The van der Waals surface area contributed by atoms with Crippen molar-refractivity contribution in [3.63, 3.8) is 0 Å². The molecule has 0 saturated heterocycles. The van der Waals surface area contributed by atoms with Crippen LogP contribution in [0.4, 0.5) is 0 Å². The summed E-state index contributed by atoms with van der Waals surface area (Å²) in [6.45, 7) is 4.10. The van der Waals surface area contributed by atoms with Crippen LogP contribution in [-0.4, -0.2) is 41.7 Å². The van der Waals surface area contributed by atoms with E-state index < -0.39 is 12.2 Å². The number of aliphatic hydroxyl groups is 1. The minimum absolute atomic E-state index is 0.105. The molecule has 2 rings (SSSR count). The van der Waals surface area contributed by atoms with Crippen LogP contribution in [0.5, 0.6) is 5.75 Å². The summed E-state index contributed by atoms with van der Waals surface area (Å²) in [6.07, 6.45) is 1.18. The maximum atomic E-state index is 12.2. The van der Waals surface area contributed by atoms with Crippen LogP contribution in [0.15, 0.2) is 24.3 Å². The van der Waals surface area contributed by atoms with E-state index in [1.54, 1.807) is 18.9 Å². The molecule has 4 heteroatoms. The molecule has 0 bridgehead atoms. The van der Waals surface area contributed by atoms with E-state index in [9.17, 15) is 9.90 Å². The van der Waals surface area contributed by atoms with Crippen molar-refractivity contribution in [3.8, 4) is 5.75 Å². The zero-order chi connectivity index (χ0) is 14.7. The zero-order valence-electron chi connectivity index (χ0n) is 12.4. The molecule has 1 aliphatic rings. The van der Waals surface area contributed by atoms with E-state index in [-0.39, 0.29) is 5.91 Å². The largest absolute Gasteiger partial charge is 0.481 e. The van der Waals surface area contributed by atoms with Gasteiger partial charge in [0.25, 0.3) is 5.91 Å². The van der Waals surface area contributed by atoms with Crippen molar-refractivity contribution in [2.75, 3.05) is 13.6 Å². The zero-order valence-corrected chi connectivity index (χ0v) is 12.4. The first-order valence-corrected chi connectivity index (χ1v) is 7.13. The number of nitrogens with zero attached hydrogens (tertiary/aromatic N) is 1. The van der Waals surface area contributed by atoms with E-state index in [1.165, 1.54) is 0 Å². The van der Waals surface area contributed by atoms with Gasteiger partial charge in [-0.25, -0.2) is 0 Å². The number of benzene rings is 1. The Labute approximate surface area is 120 Å². The van der Waals surface area contributed by atoms with Crippen molar-refractivity contribution in [2.45, 2.75) is 38.9 Å². The fraction of sp³-hybridized carbons (Fsp3) is 0.562. The Morgan fingerprint density at radius 3 is 2.80 bits per heavy atom. The second-order valence-corrected chi connectivity index (χ2v) is 5.70. The first kappa shape index (κ1) is 14.9. The fourth-order valence-electron chi connectivity index (χ4n) is 2.25. The highest BCUT2D eigenvalue weighted by Crippen LogP contribution is 2.32. The van der Waals surface area contributed by atoms with Gasteiger partial charge in [0, 0.05) is 13.6 Å². The van der Waals surface area contributed by atoms with Crippen molar-refractivity contribution >= 4 is 5.91 Å². The number of aryl methyl sites for hydroxylation is 1. The number of carbonyl (C=O) groups is 1. The Bertz CT molecular complexity index is 471. The summed E-state index contributed by atoms with van der Waals surface area (Å²) in [5.41, 5.74) is 1.10. The molecule has 1 aliphatic carbocycles. The third-order valence-corrected chi connectivity index (χ3v) is 3.65. The number of hydrogen-bond acceptors (Lipinski definition) is 3. The SMILES string of the molecule is Cc1cccc(OC(C)C(=O)N(C)CC(O)C2CC2)c1. The molecule has 1 N–H and O–H groups in total. The summed E-state index contributed by atoms with van der Waals surface area (Å²) in [5.74, 6) is 0.964. The molecule has 1 aromatic carbocycles. The smallest absolute Gasteiger partial charge is 0.263 e. The van der Waals surface area contributed by atoms with E-state index in [2.05, 4.69) is 0 Å². The summed E-state index contributed by atoms with van der Waals surface area (Å²) in [7, 11) is 1.71. The monoisotopic (exact) mass is 277 g/mol. The quantitative estimate of drug-likeness (QED) is 0.865. The number of aliphatic hydroxyl groups excluding tert-OH is 1. The second kappa shape index (κ2) is 6.27. The number of carbonyl (C=O) groups excluding carboxylic acids is 1.